The fourth-order valence-corrected chi connectivity index (χ4v) is 3.22. The molecule has 0 spiro atoms. The van der Waals surface area contributed by atoms with Crippen molar-refractivity contribution in [2.75, 3.05) is 0 Å². The lowest BCUT2D eigenvalue weighted by Gasteiger charge is -2.04. The van der Waals surface area contributed by atoms with Crippen LogP contribution >= 0.6 is 11.8 Å². The van der Waals surface area contributed by atoms with Gasteiger partial charge in [-0.2, -0.15) is 4.68 Å². The molecule has 124 valence electrons. The van der Waals surface area contributed by atoms with Gasteiger partial charge in [-0.05, 0) is 35.0 Å². The van der Waals surface area contributed by atoms with Gasteiger partial charge in [0.15, 0.2) is 0 Å². The van der Waals surface area contributed by atoms with Crippen LogP contribution in [0.25, 0.3) is 16.9 Å². The van der Waals surface area contributed by atoms with Crippen LogP contribution in [-0.4, -0.2) is 25.4 Å². The van der Waals surface area contributed by atoms with Crippen LogP contribution in [0.15, 0.2) is 70.3 Å². The molecule has 0 atom stereocenters. The minimum Gasteiger partial charge on any atom is -0.360 e. The minimum absolute atomic E-state index is 0.603. The van der Waals surface area contributed by atoms with Crippen molar-refractivity contribution in [3.05, 3.63) is 72.0 Å². The molecule has 0 bridgehead atoms. The van der Waals surface area contributed by atoms with E-state index in [0.29, 0.717) is 10.9 Å². The van der Waals surface area contributed by atoms with Gasteiger partial charge >= 0.3 is 0 Å². The van der Waals surface area contributed by atoms with Crippen molar-refractivity contribution in [3.63, 3.8) is 0 Å². The van der Waals surface area contributed by atoms with Crippen LogP contribution in [0.2, 0.25) is 0 Å². The second-order valence-corrected chi connectivity index (χ2v) is 6.49. The van der Waals surface area contributed by atoms with Crippen molar-refractivity contribution in [2.24, 2.45) is 0 Å². The third-order valence-electron chi connectivity index (χ3n) is 3.66. The molecule has 0 aliphatic carbocycles. The van der Waals surface area contributed by atoms with E-state index in [-0.39, 0.29) is 0 Å². The Kier molecular flexibility index (Phi) is 4.30. The van der Waals surface area contributed by atoms with Crippen LogP contribution in [0, 0.1) is 6.92 Å². The topological polar surface area (TPSA) is 69.6 Å². The molecule has 0 fully saturated rings. The van der Waals surface area contributed by atoms with Gasteiger partial charge in [0.25, 0.3) is 0 Å². The number of hydrogen-bond donors (Lipinski definition) is 0. The second kappa shape index (κ2) is 6.90. The van der Waals surface area contributed by atoms with Gasteiger partial charge in [-0.1, -0.05) is 59.4 Å². The van der Waals surface area contributed by atoms with Gasteiger partial charge < -0.3 is 4.52 Å². The number of aromatic nitrogens is 5. The van der Waals surface area contributed by atoms with E-state index >= 15 is 0 Å². The summed E-state index contributed by atoms with van der Waals surface area (Å²) in [6, 6.07) is 20.0. The Labute approximate surface area is 148 Å². The number of aryl methyl sites for hydroxylation is 1. The lowest BCUT2D eigenvalue weighted by atomic mass is 10.1. The van der Waals surface area contributed by atoms with Crippen molar-refractivity contribution < 1.29 is 4.52 Å². The molecule has 0 saturated heterocycles. The van der Waals surface area contributed by atoms with Crippen molar-refractivity contribution in [2.45, 2.75) is 17.8 Å². The van der Waals surface area contributed by atoms with Crippen LogP contribution in [0.1, 0.15) is 11.3 Å². The standard InChI is InChI=1S/C18H15N5OS/c1-13-6-5-9-15(10-13)23-18(19-21-22-23)25-12-16-11-17(20-24-16)14-7-3-2-4-8-14/h2-11H,12H2,1H3. The van der Waals surface area contributed by atoms with E-state index in [1.807, 2.05) is 67.6 Å². The number of tetrazole rings is 1. The highest BCUT2D eigenvalue weighted by atomic mass is 32.2. The molecule has 2 aromatic heterocycles. The Morgan fingerprint density at radius 3 is 2.76 bits per heavy atom. The summed E-state index contributed by atoms with van der Waals surface area (Å²) < 4.78 is 7.16. The van der Waals surface area contributed by atoms with Gasteiger partial charge in [0, 0.05) is 11.6 Å². The number of rotatable bonds is 5. The smallest absolute Gasteiger partial charge is 0.214 e. The maximum absolute atomic E-state index is 5.43. The number of nitrogens with zero attached hydrogens (tertiary/aromatic N) is 5. The predicted molar refractivity (Wildman–Crippen MR) is 95.4 cm³/mol. The highest BCUT2D eigenvalue weighted by Crippen LogP contribution is 2.25. The van der Waals surface area contributed by atoms with E-state index in [2.05, 4.69) is 20.7 Å². The Morgan fingerprint density at radius 1 is 1.04 bits per heavy atom. The Balaban J connectivity index is 1.50. The van der Waals surface area contributed by atoms with Gasteiger partial charge in [0.2, 0.25) is 5.16 Å². The monoisotopic (exact) mass is 349 g/mol. The maximum atomic E-state index is 5.43. The molecule has 4 aromatic rings. The van der Waals surface area contributed by atoms with Gasteiger partial charge in [0.05, 0.1) is 11.4 Å². The first-order valence-electron chi connectivity index (χ1n) is 7.79. The molecule has 25 heavy (non-hydrogen) atoms. The van der Waals surface area contributed by atoms with Gasteiger partial charge in [0.1, 0.15) is 11.5 Å². The molecule has 0 aliphatic heterocycles. The minimum atomic E-state index is 0.603. The highest BCUT2D eigenvalue weighted by molar-refractivity contribution is 7.98. The fourth-order valence-electron chi connectivity index (χ4n) is 2.45. The summed E-state index contributed by atoms with van der Waals surface area (Å²) in [5, 5.41) is 16.8. The molecule has 0 radical (unpaired) electrons. The molecule has 0 saturated carbocycles. The highest BCUT2D eigenvalue weighted by Gasteiger charge is 2.12. The van der Waals surface area contributed by atoms with Crippen LogP contribution < -0.4 is 0 Å². The van der Waals surface area contributed by atoms with Crippen molar-refractivity contribution >= 4 is 11.8 Å². The first kappa shape index (κ1) is 15.6. The number of hydrogen-bond acceptors (Lipinski definition) is 6. The zero-order valence-electron chi connectivity index (χ0n) is 13.5. The van der Waals surface area contributed by atoms with Gasteiger partial charge in [-0.15, -0.1) is 5.10 Å². The van der Waals surface area contributed by atoms with E-state index in [9.17, 15) is 0 Å². The molecular weight excluding hydrogens is 334 g/mol. The summed E-state index contributed by atoms with van der Waals surface area (Å²) in [7, 11) is 0. The molecule has 0 N–H and O–H groups in total. The van der Waals surface area contributed by atoms with E-state index < -0.39 is 0 Å². The third kappa shape index (κ3) is 3.46. The summed E-state index contributed by atoms with van der Waals surface area (Å²) in [6.07, 6.45) is 0. The summed E-state index contributed by atoms with van der Waals surface area (Å²) in [4.78, 5) is 0. The number of benzene rings is 2. The molecule has 0 aliphatic rings. The Bertz CT molecular complexity index is 980. The zero-order valence-corrected chi connectivity index (χ0v) is 14.3. The van der Waals surface area contributed by atoms with Crippen molar-refractivity contribution in [1.29, 1.82) is 0 Å². The van der Waals surface area contributed by atoms with Crippen LogP contribution in [-0.2, 0) is 5.75 Å². The molecule has 0 amide bonds. The van der Waals surface area contributed by atoms with Gasteiger partial charge in [-0.25, -0.2) is 0 Å². The van der Waals surface area contributed by atoms with Gasteiger partial charge in [-0.3, -0.25) is 0 Å². The van der Waals surface area contributed by atoms with Crippen LogP contribution in [0.3, 0.4) is 0 Å². The first-order chi connectivity index (χ1) is 12.3. The lowest BCUT2D eigenvalue weighted by Crippen LogP contribution is -1.99. The molecule has 0 unspecified atom stereocenters. The molecular formula is C18H15N5OS. The normalized spacial score (nSPS) is 10.9. The summed E-state index contributed by atoms with van der Waals surface area (Å²) in [5.41, 5.74) is 3.96. The fraction of sp³-hybridized carbons (Fsp3) is 0.111. The molecule has 2 aromatic carbocycles. The SMILES string of the molecule is Cc1cccc(-n2nnnc2SCc2cc(-c3ccccc3)no2)c1. The quantitative estimate of drug-likeness (QED) is 0.509. The molecule has 7 heteroatoms. The zero-order chi connectivity index (χ0) is 17.1. The summed E-state index contributed by atoms with van der Waals surface area (Å²) in [6.45, 7) is 2.04. The average molecular weight is 349 g/mol. The lowest BCUT2D eigenvalue weighted by molar-refractivity contribution is 0.397. The summed E-state index contributed by atoms with van der Waals surface area (Å²) in [5.74, 6) is 1.38. The number of thioether (sulfide) groups is 1. The predicted octanol–water partition coefficient (Wildman–Crippen LogP) is 3.92. The Morgan fingerprint density at radius 2 is 1.92 bits per heavy atom. The van der Waals surface area contributed by atoms with Crippen LogP contribution in [0.4, 0.5) is 0 Å². The summed E-state index contributed by atoms with van der Waals surface area (Å²) >= 11 is 1.51. The second-order valence-electron chi connectivity index (χ2n) is 5.55. The average Bonchev–Trinajstić information content (AvgIpc) is 3.30. The largest absolute Gasteiger partial charge is 0.360 e. The molecule has 2 heterocycles. The first-order valence-corrected chi connectivity index (χ1v) is 8.77. The van der Waals surface area contributed by atoms with Crippen molar-refractivity contribution in [3.8, 4) is 16.9 Å². The maximum Gasteiger partial charge on any atom is 0.214 e. The molecule has 6 nitrogen and oxygen atoms in total. The van der Waals surface area contributed by atoms with E-state index in [1.165, 1.54) is 11.8 Å². The van der Waals surface area contributed by atoms with Crippen LogP contribution in [0.5, 0.6) is 0 Å². The van der Waals surface area contributed by atoms with E-state index in [4.69, 9.17) is 4.52 Å². The Hall–Kier alpha value is -2.93. The van der Waals surface area contributed by atoms with E-state index in [0.717, 1.165) is 28.3 Å². The van der Waals surface area contributed by atoms with E-state index in [1.54, 1.807) is 4.68 Å². The third-order valence-corrected chi connectivity index (χ3v) is 4.60. The van der Waals surface area contributed by atoms with Crippen molar-refractivity contribution in [1.82, 2.24) is 25.4 Å². The molecule has 4 rings (SSSR count).